The van der Waals surface area contributed by atoms with Crippen molar-refractivity contribution in [2.24, 2.45) is 5.92 Å². The summed E-state index contributed by atoms with van der Waals surface area (Å²) in [7, 11) is -3.23. The number of carbonyl (C=O) groups excluding carboxylic acids is 1. The normalized spacial score (nSPS) is 13.8. The summed E-state index contributed by atoms with van der Waals surface area (Å²) < 4.78 is 27.3. The van der Waals surface area contributed by atoms with E-state index in [2.05, 4.69) is 61.0 Å². The molecule has 0 aliphatic heterocycles. The van der Waals surface area contributed by atoms with Gasteiger partial charge in [0.1, 0.15) is 0 Å². The van der Waals surface area contributed by atoms with E-state index in [0.717, 1.165) is 35.7 Å². The van der Waals surface area contributed by atoms with Crippen LogP contribution in [-0.4, -0.2) is 24.6 Å². The molecule has 37 heavy (non-hydrogen) atoms. The molecule has 1 aromatic heterocycles. The number of rotatable bonds is 9. The topological polar surface area (TPSA) is 68.2 Å². The summed E-state index contributed by atoms with van der Waals surface area (Å²) >= 11 is 0. The zero-order valence-corrected chi connectivity index (χ0v) is 22.5. The predicted octanol–water partition coefficient (Wildman–Crippen LogP) is 6.24. The number of aromatic nitrogens is 1. The summed E-state index contributed by atoms with van der Waals surface area (Å²) in [6.07, 6.45) is 2.85. The second-order valence-electron chi connectivity index (χ2n) is 10.5. The molecule has 3 aromatic carbocycles. The van der Waals surface area contributed by atoms with Gasteiger partial charge in [-0.1, -0.05) is 36.4 Å². The Balaban J connectivity index is 1.30. The molecule has 1 aliphatic rings. The van der Waals surface area contributed by atoms with Crippen LogP contribution in [0.3, 0.4) is 0 Å². The summed E-state index contributed by atoms with van der Waals surface area (Å²) in [5, 5.41) is 4.03. The molecule has 1 fully saturated rings. The van der Waals surface area contributed by atoms with Crippen molar-refractivity contribution in [3.05, 3.63) is 101 Å². The van der Waals surface area contributed by atoms with Gasteiger partial charge in [-0.2, -0.15) is 0 Å². The van der Waals surface area contributed by atoms with Crippen LogP contribution in [0.15, 0.2) is 77.7 Å². The molecule has 5 rings (SSSR count). The standard InChI is InChI=1S/C31H34N2O3S/c1-21(2)33-28(17-25-7-5-4-6-22(25)3)18-27-16-26(12-15-30(27)33)31(34)32-19-23-10-13-29(14-11-23)37(35,36)20-24-8-9-24/h4-7,10-16,18,21,24H,8-9,17,19-20H2,1-3H3,(H,32,34). The third-order valence-electron chi connectivity index (χ3n) is 7.22. The van der Waals surface area contributed by atoms with Crippen LogP contribution in [-0.2, 0) is 22.8 Å². The SMILES string of the molecule is Cc1ccccc1Cc1cc2cc(C(=O)NCc3ccc(S(=O)(=O)CC4CC4)cc3)ccc2n1C(C)C. The Kier molecular flexibility index (Phi) is 6.95. The first-order valence-corrected chi connectivity index (χ1v) is 14.6. The Morgan fingerprint density at radius 2 is 1.73 bits per heavy atom. The molecule has 0 spiro atoms. The molecule has 0 unspecified atom stereocenters. The fourth-order valence-corrected chi connectivity index (χ4v) is 6.67. The third kappa shape index (κ3) is 5.64. The monoisotopic (exact) mass is 514 g/mol. The number of benzene rings is 3. The van der Waals surface area contributed by atoms with Crippen LogP contribution in [0.2, 0.25) is 0 Å². The lowest BCUT2D eigenvalue weighted by Crippen LogP contribution is -2.22. The van der Waals surface area contributed by atoms with Crippen molar-refractivity contribution in [1.29, 1.82) is 0 Å². The number of nitrogens with zero attached hydrogens (tertiary/aromatic N) is 1. The van der Waals surface area contributed by atoms with E-state index in [0.29, 0.717) is 29.0 Å². The van der Waals surface area contributed by atoms with Crippen molar-refractivity contribution in [1.82, 2.24) is 9.88 Å². The quantitative estimate of drug-likeness (QED) is 0.288. The maximum Gasteiger partial charge on any atom is 0.251 e. The van der Waals surface area contributed by atoms with E-state index in [1.54, 1.807) is 24.3 Å². The highest BCUT2D eigenvalue weighted by Gasteiger charge is 2.29. The predicted molar refractivity (Wildman–Crippen MR) is 149 cm³/mol. The zero-order chi connectivity index (χ0) is 26.2. The van der Waals surface area contributed by atoms with Gasteiger partial charge in [0.05, 0.1) is 10.6 Å². The van der Waals surface area contributed by atoms with E-state index in [9.17, 15) is 13.2 Å². The smallest absolute Gasteiger partial charge is 0.251 e. The summed E-state index contributed by atoms with van der Waals surface area (Å²) in [5.41, 5.74) is 6.41. The molecular weight excluding hydrogens is 480 g/mol. The van der Waals surface area contributed by atoms with Gasteiger partial charge in [0.25, 0.3) is 5.91 Å². The molecule has 6 heteroatoms. The van der Waals surface area contributed by atoms with Crippen molar-refractivity contribution in [2.75, 3.05) is 5.75 Å². The van der Waals surface area contributed by atoms with E-state index in [-0.39, 0.29) is 11.7 Å². The minimum absolute atomic E-state index is 0.148. The van der Waals surface area contributed by atoms with Crippen LogP contribution in [0, 0.1) is 12.8 Å². The van der Waals surface area contributed by atoms with Gasteiger partial charge in [-0.15, -0.1) is 0 Å². The highest BCUT2D eigenvalue weighted by molar-refractivity contribution is 7.91. The van der Waals surface area contributed by atoms with Crippen molar-refractivity contribution in [2.45, 2.75) is 57.5 Å². The Bertz CT molecular complexity index is 1550. The number of hydrogen-bond acceptors (Lipinski definition) is 3. The van der Waals surface area contributed by atoms with Crippen LogP contribution < -0.4 is 5.32 Å². The molecule has 0 radical (unpaired) electrons. The molecule has 1 N–H and O–H groups in total. The van der Waals surface area contributed by atoms with Crippen molar-refractivity contribution in [3.8, 4) is 0 Å². The Labute approximate surface area is 219 Å². The average molecular weight is 515 g/mol. The summed E-state index contributed by atoms with van der Waals surface area (Å²) in [6.45, 7) is 6.85. The van der Waals surface area contributed by atoms with Crippen LogP contribution in [0.5, 0.6) is 0 Å². The molecule has 0 bridgehead atoms. The van der Waals surface area contributed by atoms with E-state index in [4.69, 9.17) is 0 Å². The lowest BCUT2D eigenvalue weighted by Gasteiger charge is -2.16. The van der Waals surface area contributed by atoms with Crippen molar-refractivity contribution >= 4 is 26.6 Å². The molecular formula is C31H34N2O3S. The summed E-state index contributed by atoms with van der Waals surface area (Å²) in [5.74, 6) is 0.402. The van der Waals surface area contributed by atoms with Crippen molar-refractivity contribution < 1.29 is 13.2 Å². The Morgan fingerprint density at radius 1 is 1.00 bits per heavy atom. The van der Waals surface area contributed by atoms with Gasteiger partial charge in [-0.3, -0.25) is 4.79 Å². The van der Waals surface area contributed by atoms with Crippen LogP contribution in [0.4, 0.5) is 0 Å². The summed E-state index contributed by atoms with van der Waals surface area (Å²) in [6, 6.07) is 23.7. The van der Waals surface area contributed by atoms with Crippen LogP contribution in [0.1, 0.15) is 65.5 Å². The van der Waals surface area contributed by atoms with Gasteiger partial charge in [0.2, 0.25) is 0 Å². The van der Waals surface area contributed by atoms with Crippen LogP contribution in [0.25, 0.3) is 10.9 Å². The fourth-order valence-electron chi connectivity index (χ4n) is 4.97. The van der Waals surface area contributed by atoms with Gasteiger partial charge in [-0.25, -0.2) is 8.42 Å². The second kappa shape index (κ2) is 10.2. The number of sulfone groups is 1. The number of nitrogens with one attached hydrogen (secondary N) is 1. The second-order valence-corrected chi connectivity index (χ2v) is 12.6. The molecule has 1 aliphatic carbocycles. The lowest BCUT2D eigenvalue weighted by molar-refractivity contribution is 0.0951. The minimum atomic E-state index is -3.23. The van der Waals surface area contributed by atoms with Gasteiger partial charge < -0.3 is 9.88 Å². The van der Waals surface area contributed by atoms with Gasteiger partial charge in [0.15, 0.2) is 9.84 Å². The molecule has 1 heterocycles. The maximum absolute atomic E-state index is 13.0. The number of carbonyl (C=O) groups is 1. The maximum atomic E-state index is 13.0. The third-order valence-corrected chi connectivity index (χ3v) is 9.12. The number of aryl methyl sites for hydroxylation is 1. The molecule has 5 nitrogen and oxygen atoms in total. The molecule has 192 valence electrons. The Morgan fingerprint density at radius 3 is 2.41 bits per heavy atom. The first-order valence-electron chi connectivity index (χ1n) is 13.0. The molecule has 1 saturated carbocycles. The number of fused-ring (bicyclic) bond motifs is 1. The zero-order valence-electron chi connectivity index (χ0n) is 21.7. The average Bonchev–Trinajstić information content (AvgIpc) is 3.60. The van der Waals surface area contributed by atoms with Gasteiger partial charge in [0, 0.05) is 41.2 Å². The van der Waals surface area contributed by atoms with E-state index < -0.39 is 9.84 Å². The van der Waals surface area contributed by atoms with Crippen molar-refractivity contribution in [3.63, 3.8) is 0 Å². The van der Waals surface area contributed by atoms with E-state index in [1.807, 2.05) is 18.2 Å². The van der Waals surface area contributed by atoms with E-state index >= 15 is 0 Å². The molecule has 0 saturated heterocycles. The largest absolute Gasteiger partial charge is 0.348 e. The number of amides is 1. The van der Waals surface area contributed by atoms with Gasteiger partial charge >= 0.3 is 0 Å². The minimum Gasteiger partial charge on any atom is -0.348 e. The fraction of sp³-hybridized carbons (Fsp3) is 0.323. The van der Waals surface area contributed by atoms with E-state index in [1.165, 1.54) is 16.8 Å². The Hall–Kier alpha value is -3.38. The molecule has 0 atom stereocenters. The first-order chi connectivity index (χ1) is 17.7. The lowest BCUT2D eigenvalue weighted by atomic mass is 10.0. The summed E-state index contributed by atoms with van der Waals surface area (Å²) in [4.78, 5) is 13.3. The molecule has 4 aromatic rings. The molecule has 1 amide bonds. The van der Waals surface area contributed by atoms with Gasteiger partial charge in [-0.05, 0) is 92.6 Å². The first kappa shape index (κ1) is 25.3. The number of hydrogen-bond donors (Lipinski definition) is 1. The van der Waals surface area contributed by atoms with Crippen LogP contribution >= 0.6 is 0 Å². The highest BCUT2D eigenvalue weighted by atomic mass is 32.2. The highest BCUT2D eigenvalue weighted by Crippen LogP contribution is 2.32.